The maximum atomic E-state index is 13.8. The first-order chi connectivity index (χ1) is 15.0. The van der Waals surface area contributed by atoms with Crippen LogP contribution in [0.15, 0.2) is 42.5 Å². The van der Waals surface area contributed by atoms with E-state index in [-0.39, 0.29) is 17.6 Å². The summed E-state index contributed by atoms with van der Waals surface area (Å²) in [7, 11) is 0. The molecule has 0 bridgehead atoms. The number of halogens is 1. The van der Waals surface area contributed by atoms with Gasteiger partial charge in [0.15, 0.2) is 0 Å². The molecule has 0 aromatic heterocycles. The Labute approximate surface area is 182 Å². The van der Waals surface area contributed by atoms with Crippen molar-refractivity contribution in [2.45, 2.75) is 32.6 Å². The molecular formula is C25H29FN2O3. The molecule has 0 aliphatic carbocycles. The Hall–Kier alpha value is -2.89. The number of nitrogens with zero attached hydrogens (tertiary/aromatic N) is 2. The van der Waals surface area contributed by atoms with Gasteiger partial charge in [0.25, 0.3) is 11.8 Å². The first-order valence-electron chi connectivity index (χ1n) is 11.1. The lowest BCUT2D eigenvalue weighted by molar-refractivity contribution is 0.0660. The fourth-order valence-electron chi connectivity index (χ4n) is 4.22. The molecule has 2 fully saturated rings. The summed E-state index contributed by atoms with van der Waals surface area (Å²) in [4.78, 5) is 28.7. The van der Waals surface area contributed by atoms with E-state index in [0.29, 0.717) is 42.3 Å². The summed E-state index contributed by atoms with van der Waals surface area (Å²) in [6.07, 6.45) is 3.87. The molecule has 2 saturated heterocycles. The third-order valence-electron chi connectivity index (χ3n) is 6.30. The zero-order valence-corrected chi connectivity index (χ0v) is 18.0. The highest BCUT2D eigenvalue weighted by molar-refractivity contribution is 5.95. The molecule has 5 nitrogen and oxygen atoms in total. The number of likely N-dealkylation sites (tertiary alicyclic amines) is 2. The van der Waals surface area contributed by atoms with Gasteiger partial charge in [-0.15, -0.1) is 0 Å². The van der Waals surface area contributed by atoms with Crippen LogP contribution in [-0.4, -0.2) is 54.4 Å². The number of amides is 2. The number of benzene rings is 2. The molecule has 2 aliphatic heterocycles. The van der Waals surface area contributed by atoms with Gasteiger partial charge in [-0.05, 0) is 80.5 Å². The monoisotopic (exact) mass is 424 g/mol. The van der Waals surface area contributed by atoms with Crippen molar-refractivity contribution in [3.63, 3.8) is 0 Å². The SMILES string of the molecule is Cc1ccc(C(=O)N2CCC(COc3ccc(C(=O)N4CCCC4)cc3)CC2)cc1F. The normalized spacial score (nSPS) is 17.1. The molecule has 2 heterocycles. The van der Waals surface area contributed by atoms with Gasteiger partial charge < -0.3 is 14.5 Å². The largest absolute Gasteiger partial charge is 0.493 e. The zero-order chi connectivity index (χ0) is 21.8. The Kier molecular flexibility index (Phi) is 6.54. The quantitative estimate of drug-likeness (QED) is 0.719. The summed E-state index contributed by atoms with van der Waals surface area (Å²) in [5, 5.41) is 0. The van der Waals surface area contributed by atoms with Crippen molar-refractivity contribution < 1.29 is 18.7 Å². The van der Waals surface area contributed by atoms with Gasteiger partial charge in [-0.1, -0.05) is 6.07 Å². The Morgan fingerprint density at radius 1 is 0.903 bits per heavy atom. The van der Waals surface area contributed by atoms with E-state index in [2.05, 4.69) is 0 Å². The summed E-state index contributed by atoms with van der Waals surface area (Å²) >= 11 is 0. The number of piperidine rings is 1. The van der Waals surface area contributed by atoms with Crippen LogP contribution in [0.2, 0.25) is 0 Å². The summed E-state index contributed by atoms with van der Waals surface area (Å²) in [6, 6.07) is 12.0. The van der Waals surface area contributed by atoms with Gasteiger partial charge in [-0.2, -0.15) is 0 Å². The van der Waals surface area contributed by atoms with Crippen molar-refractivity contribution in [1.29, 1.82) is 0 Å². The molecular weight excluding hydrogens is 395 g/mol. The van der Waals surface area contributed by atoms with Crippen LogP contribution in [0.5, 0.6) is 5.75 Å². The lowest BCUT2D eigenvalue weighted by Crippen LogP contribution is -2.39. The Morgan fingerprint density at radius 2 is 1.48 bits per heavy atom. The van der Waals surface area contributed by atoms with E-state index in [1.165, 1.54) is 6.07 Å². The van der Waals surface area contributed by atoms with E-state index in [4.69, 9.17) is 4.74 Å². The molecule has 0 saturated carbocycles. The van der Waals surface area contributed by atoms with Crippen molar-refractivity contribution in [3.05, 3.63) is 65.0 Å². The first-order valence-corrected chi connectivity index (χ1v) is 11.1. The Bertz CT molecular complexity index is 930. The second-order valence-electron chi connectivity index (χ2n) is 8.53. The van der Waals surface area contributed by atoms with Gasteiger partial charge in [0.1, 0.15) is 11.6 Å². The highest BCUT2D eigenvalue weighted by Crippen LogP contribution is 2.22. The third-order valence-corrected chi connectivity index (χ3v) is 6.30. The van der Waals surface area contributed by atoms with Gasteiger partial charge in [-0.3, -0.25) is 9.59 Å². The molecule has 2 aromatic carbocycles. The molecule has 164 valence electrons. The molecule has 2 aliphatic rings. The second kappa shape index (κ2) is 9.50. The number of carbonyl (C=O) groups excluding carboxylic acids is 2. The van der Waals surface area contributed by atoms with Gasteiger partial charge in [0, 0.05) is 37.3 Å². The zero-order valence-electron chi connectivity index (χ0n) is 18.0. The van der Waals surface area contributed by atoms with Crippen LogP contribution in [0.4, 0.5) is 4.39 Å². The second-order valence-corrected chi connectivity index (χ2v) is 8.53. The minimum Gasteiger partial charge on any atom is -0.493 e. The topological polar surface area (TPSA) is 49.9 Å². The number of ether oxygens (including phenoxy) is 1. The fourth-order valence-corrected chi connectivity index (χ4v) is 4.22. The molecule has 2 aromatic rings. The molecule has 0 unspecified atom stereocenters. The van der Waals surface area contributed by atoms with Crippen LogP contribution >= 0.6 is 0 Å². The van der Waals surface area contributed by atoms with Gasteiger partial charge >= 0.3 is 0 Å². The predicted molar refractivity (Wildman–Crippen MR) is 117 cm³/mol. The van der Waals surface area contributed by atoms with Crippen molar-refractivity contribution in [3.8, 4) is 5.75 Å². The molecule has 0 radical (unpaired) electrons. The maximum absolute atomic E-state index is 13.8. The van der Waals surface area contributed by atoms with Crippen molar-refractivity contribution >= 4 is 11.8 Å². The van der Waals surface area contributed by atoms with Crippen LogP contribution in [0.1, 0.15) is 52.0 Å². The molecule has 31 heavy (non-hydrogen) atoms. The minimum atomic E-state index is -0.345. The third kappa shape index (κ3) is 5.06. The fraction of sp³-hybridized carbons (Fsp3) is 0.440. The molecule has 2 amide bonds. The van der Waals surface area contributed by atoms with E-state index in [0.717, 1.165) is 44.5 Å². The van der Waals surface area contributed by atoms with Crippen molar-refractivity contribution in [2.75, 3.05) is 32.8 Å². The summed E-state index contributed by atoms with van der Waals surface area (Å²) in [5.41, 5.74) is 1.65. The van der Waals surface area contributed by atoms with E-state index in [1.807, 2.05) is 29.2 Å². The smallest absolute Gasteiger partial charge is 0.253 e. The molecule has 0 spiro atoms. The highest BCUT2D eigenvalue weighted by Gasteiger charge is 2.25. The van der Waals surface area contributed by atoms with Crippen molar-refractivity contribution in [1.82, 2.24) is 9.80 Å². The number of aryl methyl sites for hydroxylation is 1. The van der Waals surface area contributed by atoms with Crippen LogP contribution in [0.25, 0.3) is 0 Å². The Morgan fingerprint density at radius 3 is 2.13 bits per heavy atom. The molecule has 0 N–H and O–H groups in total. The lowest BCUT2D eigenvalue weighted by atomic mass is 9.97. The maximum Gasteiger partial charge on any atom is 0.253 e. The summed E-state index contributed by atoms with van der Waals surface area (Å²) < 4.78 is 19.7. The van der Waals surface area contributed by atoms with Crippen LogP contribution in [0, 0.1) is 18.7 Å². The molecule has 6 heteroatoms. The summed E-state index contributed by atoms with van der Waals surface area (Å²) in [6.45, 7) is 5.25. The lowest BCUT2D eigenvalue weighted by Gasteiger charge is -2.32. The van der Waals surface area contributed by atoms with Crippen molar-refractivity contribution in [2.24, 2.45) is 5.92 Å². The number of hydrogen-bond donors (Lipinski definition) is 0. The number of carbonyl (C=O) groups is 2. The van der Waals surface area contributed by atoms with Gasteiger partial charge in [-0.25, -0.2) is 4.39 Å². The molecule has 0 atom stereocenters. The van der Waals surface area contributed by atoms with Crippen LogP contribution in [0.3, 0.4) is 0 Å². The number of rotatable bonds is 5. The van der Waals surface area contributed by atoms with Crippen LogP contribution < -0.4 is 4.74 Å². The van der Waals surface area contributed by atoms with E-state index < -0.39 is 0 Å². The van der Waals surface area contributed by atoms with E-state index in [1.54, 1.807) is 24.0 Å². The average Bonchev–Trinajstić information content (AvgIpc) is 3.34. The average molecular weight is 425 g/mol. The van der Waals surface area contributed by atoms with E-state index >= 15 is 0 Å². The van der Waals surface area contributed by atoms with Gasteiger partial charge in [0.05, 0.1) is 6.61 Å². The standard InChI is InChI=1S/C25H29FN2O3/c1-18-4-5-21(16-23(18)26)25(30)28-14-10-19(11-15-28)17-31-22-8-6-20(7-9-22)24(29)27-12-2-3-13-27/h4-9,16,19H,2-3,10-15,17H2,1H3. The number of hydrogen-bond acceptors (Lipinski definition) is 3. The first kappa shape index (κ1) is 21.3. The predicted octanol–water partition coefficient (Wildman–Crippen LogP) is 4.30. The minimum absolute atomic E-state index is 0.0922. The van der Waals surface area contributed by atoms with Gasteiger partial charge in [0.2, 0.25) is 0 Å². The summed E-state index contributed by atoms with van der Waals surface area (Å²) in [5.74, 6) is 0.754. The highest BCUT2D eigenvalue weighted by atomic mass is 19.1. The Balaban J connectivity index is 1.24. The van der Waals surface area contributed by atoms with E-state index in [9.17, 15) is 14.0 Å². The molecule has 4 rings (SSSR count). The van der Waals surface area contributed by atoms with Crippen LogP contribution in [-0.2, 0) is 0 Å².